The van der Waals surface area contributed by atoms with Gasteiger partial charge in [-0.1, -0.05) is 0 Å². The van der Waals surface area contributed by atoms with Crippen LogP contribution in [0.1, 0.15) is 31.4 Å². The molecule has 2 N–H and O–H groups in total. The molecule has 0 spiro atoms. The van der Waals surface area contributed by atoms with Gasteiger partial charge < -0.3 is 15.4 Å². The number of ether oxygens (including phenoxy) is 1. The van der Waals surface area contributed by atoms with Crippen molar-refractivity contribution in [1.82, 2.24) is 0 Å². The molecule has 0 radical (unpaired) electrons. The second kappa shape index (κ2) is 6.35. The number of nitrogens with two attached hydrogens (primary N) is 1. The zero-order chi connectivity index (χ0) is 13.8. The molecule has 1 aromatic rings. The average Bonchev–Trinajstić information content (AvgIpc) is 3.18. The van der Waals surface area contributed by atoms with E-state index in [1.807, 2.05) is 14.0 Å². The Bertz CT molecular complexity index is 419. The summed E-state index contributed by atoms with van der Waals surface area (Å²) in [5, 5.41) is 0. The highest BCUT2D eigenvalue weighted by Gasteiger charge is 2.21. The van der Waals surface area contributed by atoms with E-state index in [2.05, 4.69) is 4.90 Å². The third-order valence-electron chi connectivity index (χ3n) is 3.51. The van der Waals surface area contributed by atoms with Gasteiger partial charge in [0.1, 0.15) is 5.82 Å². The highest BCUT2D eigenvalue weighted by molar-refractivity contribution is 5.54. The van der Waals surface area contributed by atoms with Crippen LogP contribution in [0.3, 0.4) is 0 Å². The van der Waals surface area contributed by atoms with Crippen LogP contribution in [0.5, 0.6) is 0 Å². The fraction of sp³-hybridized carbons (Fsp3) is 0.600. The summed E-state index contributed by atoms with van der Waals surface area (Å²) in [6.07, 6.45) is 2.62. The lowest BCUT2D eigenvalue weighted by molar-refractivity contribution is 0.131. The van der Waals surface area contributed by atoms with Crippen molar-refractivity contribution < 1.29 is 9.13 Å². The Kier molecular flexibility index (Phi) is 4.77. The second-order valence-corrected chi connectivity index (χ2v) is 5.43. The van der Waals surface area contributed by atoms with Gasteiger partial charge in [-0.25, -0.2) is 4.39 Å². The molecule has 1 saturated carbocycles. The minimum atomic E-state index is -0.241. The monoisotopic (exact) mass is 266 g/mol. The first-order chi connectivity index (χ1) is 9.08. The van der Waals surface area contributed by atoms with Gasteiger partial charge in [0.05, 0.1) is 6.61 Å². The van der Waals surface area contributed by atoms with Gasteiger partial charge in [-0.3, -0.25) is 0 Å². The van der Waals surface area contributed by atoms with Crippen LogP contribution < -0.4 is 10.6 Å². The van der Waals surface area contributed by atoms with E-state index < -0.39 is 0 Å². The highest BCUT2D eigenvalue weighted by atomic mass is 19.1. The second-order valence-electron chi connectivity index (χ2n) is 5.43. The Morgan fingerprint density at radius 1 is 1.47 bits per heavy atom. The molecule has 2 rings (SSSR count). The van der Waals surface area contributed by atoms with Crippen LogP contribution in [0.4, 0.5) is 10.1 Å². The molecule has 4 heteroatoms. The van der Waals surface area contributed by atoms with Gasteiger partial charge in [-0.2, -0.15) is 0 Å². The minimum absolute atomic E-state index is 0.180. The van der Waals surface area contributed by atoms with E-state index in [9.17, 15) is 4.39 Å². The smallest absolute Gasteiger partial charge is 0.123 e. The van der Waals surface area contributed by atoms with Crippen molar-refractivity contribution in [2.24, 2.45) is 11.7 Å². The van der Waals surface area contributed by atoms with Crippen molar-refractivity contribution in [3.63, 3.8) is 0 Å². The average molecular weight is 266 g/mol. The van der Waals surface area contributed by atoms with Crippen LogP contribution in [0, 0.1) is 11.7 Å². The molecule has 0 aliphatic heterocycles. The van der Waals surface area contributed by atoms with E-state index in [1.54, 1.807) is 6.07 Å². The number of halogens is 1. The molecule has 0 aromatic heterocycles. The standard InChI is InChI=1S/C15H23FN2O/c1-11(17)14-9-13(16)5-6-15(14)18(2)7-8-19-10-12-3-4-12/h5-6,9,11-12H,3-4,7-8,10,17H2,1-2H3/t11-/m0/s1. The molecule has 106 valence electrons. The van der Waals surface area contributed by atoms with Gasteiger partial charge in [0.25, 0.3) is 0 Å². The van der Waals surface area contributed by atoms with Gasteiger partial charge in [-0.15, -0.1) is 0 Å². The van der Waals surface area contributed by atoms with E-state index in [0.717, 1.165) is 30.3 Å². The lowest BCUT2D eigenvalue weighted by Crippen LogP contribution is -2.25. The van der Waals surface area contributed by atoms with Crippen LogP contribution in [0.25, 0.3) is 0 Å². The van der Waals surface area contributed by atoms with Gasteiger partial charge in [0.15, 0.2) is 0 Å². The maximum absolute atomic E-state index is 13.3. The molecule has 1 aromatic carbocycles. The van der Waals surface area contributed by atoms with Crippen molar-refractivity contribution in [1.29, 1.82) is 0 Å². The molecule has 0 amide bonds. The van der Waals surface area contributed by atoms with E-state index in [4.69, 9.17) is 10.5 Å². The fourth-order valence-corrected chi connectivity index (χ4v) is 2.09. The summed E-state index contributed by atoms with van der Waals surface area (Å²) >= 11 is 0. The summed E-state index contributed by atoms with van der Waals surface area (Å²) in [7, 11) is 1.99. The molecule has 1 atom stereocenters. The molecule has 0 bridgehead atoms. The Hall–Kier alpha value is -1.13. The number of hydrogen-bond acceptors (Lipinski definition) is 3. The first-order valence-corrected chi connectivity index (χ1v) is 6.92. The molecule has 1 aliphatic carbocycles. The van der Waals surface area contributed by atoms with Crippen LogP contribution in [0.15, 0.2) is 18.2 Å². The molecular weight excluding hydrogens is 243 g/mol. The van der Waals surface area contributed by atoms with Crippen LogP contribution >= 0.6 is 0 Å². The predicted molar refractivity (Wildman–Crippen MR) is 75.8 cm³/mol. The fourth-order valence-electron chi connectivity index (χ4n) is 2.09. The molecule has 0 unspecified atom stereocenters. The third-order valence-corrected chi connectivity index (χ3v) is 3.51. The van der Waals surface area contributed by atoms with E-state index in [0.29, 0.717) is 6.61 Å². The van der Waals surface area contributed by atoms with Crippen molar-refractivity contribution in [3.8, 4) is 0 Å². The summed E-state index contributed by atoms with van der Waals surface area (Å²) in [5.74, 6) is 0.546. The quantitative estimate of drug-likeness (QED) is 0.771. The zero-order valence-electron chi connectivity index (χ0n) is 11.7. The number of rotatable bonds is 7. The summed E-state index contributed by atoms with van der Waals surface area (Å²) in [6, 6.07) is 4.60. The lowest BCUT2D eigenvalue weighted by atomic mass is 10.1. The Morgan fingerprint density at radius 3 is 2.84 bits per heavy atom. The molecular formula is C15H23FN2O. The van der Waals surface area contributed by atoms with E-state index in [1.165, 1.54) is 25.0 Å². The maximum Gasteiger partial charge on any atom is 0.123 e. The van der Waals surface area contributed by atoms with E-state index >= 15 is 0 Å². The normalized spacial score (nSPS) is 16.4. The SMILES string of the molecule is C[C@H](N)c1cc(F)ccc1N(C)CCOCC1CC1. The Labute approximate surface area is 114 Å². The summed E-state index contributed by atoms with van der Waals surface area (Å²) < 4.78 is 18.9. The van der Waals surface area contributed by atoms with Gasteiger partial charge in [-0.05, 0) is 49.4 Å². The predicted octanol–water partition coefficient (Wildman–Crippen LogP) is 2.71. The number of benzene rings is 1. The van der Waals surface area contributed by atoms with Gasteiger partial charge >= 0.3 is 0 Å². The number of hydrogen-bond donors (Lipinski definition) is 1. The van der Waals surface area contributed by atoms with Gasteiger partial charge in [0.2, 0.25) is 0 Å². The Morgan fingerprint density at radius 2 is 2.21 bits per heavy atom. The summed E-state index contributed by atoms with van der Waals surface area (Å²) in [4.78, 5) is 2.07. The Balaban J connectivity index is 1.90. The van der Waals surface area contributed by atoms with Crippen LogP contribution in [-0.2, 0) is 4.74 Å². The first-order valence-electron chi connectivity index (χ1n) is 6.92. The molecule has 1 aliphatic rings. The lowest BCUT2D eigenvalue weighted by Gasteiger charge is -2.24. The maximum atomic E-state index is 13.3. The van der Waals surface area contributed by atoms with Crippen molar-refractivity contribution >= 4 is 5.69 Å². The molecule has 19 heavy (non-hydrogen) atoms. The topological polar surface area (TPSA) is 38.5 Å². The van der Waals surface area contributed by atoms with Gasteiger partial charge in [0, 0.05) is 31.9 Å². The minimum Gasteiger partial charge on any atom is -0.379 e. The highest BCUT2D eigenvalue weighted by Crippen LogP contribution is 2.29. The van der Waals surface area contributed by atoms with Crippen molar-refractivity contribution in [3.05, 3.63) is 29.6 Å². The number of likely N-dealkylation sites (N-methyl/N-ethyl adjacent to an activating group) is 1. The summed E-state index contributed by atoms with van der Waals surface area (Å²) in [5.41, 5.74) is 7.72. The molecule has 3 nitrogen and oxygen atoms in total. The summed E-state index contributed by atoms with van der Waals surface area (Å²) in [6.45, 7) is 4.23. The molecule has 0 saturated heterocycles. The zero-order valence-corrected chi connectivity index (χ0v) is 11.7. The van der Waals surface area contributed by atoms with Crippen LogP contribution in [-0.4, -0.2) is 26.8 Å². The largest absolute Gasteiger partial charge is 0.379 e. The number of anilines is 1. The first kappa shape index (κ1) is 14.3. The third kappa shape index (κ3) is 4.18. The number of nitrogens with zero attached hydrogens (tertiary/aromatic N) is 1. The van der Waals surface area contributed by atoms with Crippen molar-refractivity contribution in [2.75, 3.05) is 31.7 Å². The molecule has 1 fully saturated rings. The van der Waals surface area contributed by atoms with Crippen LogP contribution in [0.2, 0.25) is 0 Å². The van der Waals surface area contributed by atoms with Crippen molar-refractivity contribution in [2.45, 2.75) is 25.8 Å². The van der Waals surface area contributed by atoms with E-state index in [-0.39, 0.29) is 11.9 Å². The molecule has 0 heterocycles.